The number of benzene rings is 1. The summed E-state index contributed by atoms with van der Waals surface area (Å²) in [7, 11) is 0. The SMILES string of the molecule is C=Cc1cc(F)c(OCC(F)(F)C(F)F)c(Br)c1. The quantitative estimate of drug-likeness (QED) is 0.722. The molecule has 0 aliphatic heterocycles. The molecule has 1 rings (SSSR count). The summed E-state index contributed by atoms with van der Waals surface area (Å²) in [5.41, 5.74) is 0.396. The van der Waals surface area contributed by atoms with Gasteiger partial charge < -0.3 is 4.74 Å². The van der Waals surface area contributed by atoms with Crippen molar-refractivity contribution in [2.24, 2.45) is 0 Å². The molecule has 0 saturated heterocycles. The number of hydrogen-bond acceptors (Lipinski definition) is 1. The summed E-state index contributed by atoms with van der Waals surface area (Å²) < 4.78 is 66.9. The van der Waals surface area contributed by atoms with E-state index < -0.39 is 30.5 Å². The second-order valence-electron chi connectivity index (χ2n) is 3.37. The van der Waals surface area contributed by atoms with E-state index in [1.54, 1.807) is 0 Å². The summed E-state index contributed by atoms with van der Waals surface area (Å²) in [6, 6.07) is 2.36. The standard InChI is InChI=1S/C11H8BrF5O/c1-2-6-3-7(12)9(8(13)4-6)18-5-11(16,17)10(14)15/h2-4,10H,1,5H2. The summed E-state index contributed by atoms with van der Waals surface area (Å²) >= 11 is 2.90. The second-order valence-corrected chi connectivity index (χ2v) is 4.22. The zero-order valence-corrected chi connectivity index (χ0v) is 10.5. The number of hydrogen-bond donors (Lipinski definition) is 0. The molecule has 7 heteroatoms. The summed E-state index contributed by atoms with van der Waals surface area (Å²) in [6.45, 7) is 1.80. The molecule has 0 bridgehead atoms. The molecule has 0 spiro atoms. The molecular formula is C11H8BrF5O. The Morgan fingerprint density at radius 3 is 2.44 bits per heavy atom. The molecule has 0 atom stereocenters. The minimum absolute atomic E-state index is 0.0440. The van der Waals surface area contributed by atoms with Gasteiger partial charge in [-0.25, -0.2) is 13.2 Å². The topological polar surface area (TPSA) is 9.23 Å². The van der Waals surface area contributed by atoms with Gasteiger partial charge in [0.05, 0.1) is 4.47 Å². The van der Waals surface area contributed by atoms with Gasteiger partial charge in [0.1, 0.15) is 0 Å². The van der Waals surface area contributed by atoms with Crippen molar-refractivity contribution >= 4 is 22.0 Å². The van der Waals surface area contributed by atoms with Gasteiger partial charge in [-0.05, 0) is 33.6 Å². The van der Waals surface area contributed by atoms with E-state index in [0.717, 1.165) is 6.07 Å². The predicted molar refractivity (Wildman–Crippen MR) is 60.6 cm³/mol. The van der Waals surface area contributed by atoms with Crippen LogP contribution in [0.2, 0.25) is 0 Å². The highest BCUT2D eigenvalue weighted by Gasteiger charge is 2.42. The molecule has 0 aliphatic rings. The van der Waals surface area contributed by atoms with Crippen LogP contribution in [0.25, 0.3) is 6.08 Å². The Morgan fingerprint density at radius 1 is 1.39 bits per heavy atom. The van der Waals surface area contributed by atoms with E-state index in [-0.39, 0.29) is 4.47 Å². The average Bonchev–Trinajstić information content (AvgIpc) is 2.27. The van der Waals surface area contributed by atoms with Crippen LogP contribution in [0.5, 0.6) is 5.75 Å². The maximum atomic E-state index is 13.4. The molecule has 0 saturated carbocycles. The van der Waals surface area contributed by atoms with Gasteiger partial charge in [0.15, 0.2) is 18.2 Å². The summed E-state index contributed by atoms with van der Waals surface area (Å²) in [6.07, 6.45) is -2.53. The predicted octanol–water partition coefficient (Wildman–Crippen LogP) is 4.51. The fourth-order valence-electron chi connectivity index (χ4n) is 1.07. The van der Waals surface area contributed by atoms with Crippen molar-refractivity contribution in [2.75, 3.05) is 6.61 Å². The minimum Gasteiger partial charge on any atom is -0.483 e. The molecule has 0 heterocycles. The summed E-state index contributed by atoms with van der Waals surface area (Å²) in [5.74, 6) is -5.81. The third kappa shape index (κ3) is 3.44. The zero-order valence-electron chi connectivity index (χ0n) is 8.90. The smallest absolute Gasteiger partial charge is 0.340 e. The maximum Gasteiger partial charge on any atom is 0.340 e. The van der Waals surface area contributed by atoms with E-state index in [2.05, 4.69) is 27.2 Å². The largest absolute Gasteiger partial charge is 0.483 e. The Balaban J connectivity index is 2.89. The highest BCUT2D eigenvalue weighted by atomic mass is 79.9. The zero-order chi connectivity index (χ0) is 13.9. The second kappa shape index (κ2) is 5.69. The van der Waals surface area contributed by atoms with Crippen molar-refractivity contribution in [3.8, 4) is 5.75 Å². The monoisotopic (exact) mass is 330 g/mol. The number of rotatable bonds is 5. The third-order valence-corrected chi connectivity index (χ3v) is 2.57. The number of ether oxygens (including phenoxy) is 1. The van der Waals surface area contributed by atoms with Crippen LogP contribution in [0.4, 0.5) is 22.0 Å². The van der Waals surface area contributed by atoms with Crippen molar-refractivity contribution in [3.05, 3.63) is 34.6 Å². The van der Waals surface area contributed by atoms with E-state index in [0.29, 0.717) is 5.56 Å². The van der Waals surface area contributed by atoms with Gasteiger partial charge in [0.25, 0.3) is 0 Å². The van der Waals surface area contributed by atoms with Gasteiger partial charge >= 0.3 is 12.3 Å². The molecule has 1 nitrogen and oxygen atoms in total. The number of alkyl halides is 4. The van der Waals surface area contributed by atoms with Crippen LogP contribution >= 0.6 is 15.9 Å². The van der Waals surface area contributed by atoms with Crippen LogP contribution in [0, 0.1) is 5.82 Å². The molecule has 18 heavy (non-hydrogen) atoms. The van der Waals surface area contributed by atoms with Gasteiger partial charge in [-0.15, -0.1) is 0 Å². The van der Waals surface area contributed by atoms with E-state index in [4.69, 9.17) is 0 Å². The average molecular weight is 331 g/mol. The van der Waals surface area contributed by atoms with Crippen molar-refractivity contribution in [1.82, 2.24) is 0 Å². The van der Waals surface area contributed by atoms with Crippen LogP contribution in [0.15, 0.2) is 23.2 Å². The first kappa shape index (κ1) is 14.9. The molecule has 1 aromatic rings. The minimum atomic E-state index is -4.33. The van der Waals surface area contributed by atoms with Gasteiger partial charge in [0.2, 0.25) is 0 Å². The van der Waals surface area contributed by atoms with Gasteiger partial charge in [-0.2, -0.15) is 8.78 Å². The molecular weight excluding hydrogens is 323 g/mol. The highest BCUT2D eigenvalue weighted by molar-refractivity contribution is 9.10. The fourth-order valence-corrected chi connectivity index (χ4v) is 1.63. The molecule has 0 N–H and O–H groups in total. The lowest BCUT2D eigenvalue weighted by Crippen LogP contribution is -2.34. The molecule has 0 aliphatic carbocycles. The maximum absolute atomic E-state index is 13.4. The lowest BCUT2D eigenvalue weighted by molar-refractivity contribution is -0.148. The molecule has 0 aromatic heterocycles. The van der Waals surface area contributed by atoms with Crippen LogP contribution in [0.1, 0.15) is 5.56 Å². The van der Waals surface area contributed by atoms with Crippen LogP contribution < -0.4 is 4.74 Å². The van der Waals surface area contributed by atoms with Crippen molar-refractivity contribution in [1.29, 1.82) is 0 Å². The Kier molecular flexibility index (Phi) is 4.72. The Bertz CT molecular complexity index is 424. The normalized spacial score (nSPS) is 11.7. The van der Waals surface area contributed by atoms with Gasteiger partial charge in [-0.1, -0.05) is 12.7 Å². The molecule has 0 amide bonds. The first-order valence-corrected chi connectivity index (χ1v) is 5.47. The summed E-state index contributed by atoms with van der Waals surface area (Å²) in [5, 5.41) is 0. The van der Waals surface area contributed by atoms with Crippen LogP contribution in [-0.2, 0) is 0 Å². The van der Waals surface area contributed by atoms with Crippen LogP contribution in [-0.4, -0.2) is 19.0 Å². The molecule has 0 fully saturated rings. The lowest BCUT2D eigenvalue weighted by Gasteiger charge is -2.17. The van der Waals surface area contributed by atoms with E-state index in [1.807, 2.05) is 0 Å². The Morgan fingerprint density at radius 2 is 2.00 bits per heavy atom. The third-order valence-electron chi connectivity index (χ3n) is 1.98. The Hall–Kier alpha value is -1.11. The van der Waals surface area contributed by atoms with Crippen molar-refractivity contribution in [3.63, 3.8) is 0 Å². The lowest BCUT2D eigenvalue weighted by atomic mass is 10.2. The van der Waals surface area contributed by atoms with Crippen molar-refractivity contribution < 1.29 is 26.7 Å². The van der Waals surface area contributed by atoms with Crippen LogP contribution in [0.3, 0.4) is 0 Å². The van der Waals surface area contributed by atoms with E-state index in [1.165, 1.54) is 12.1 Å². The molecule has 0 unspecified atom stereocenters. The van der Waals surface area contributed by atoms with E-state index in [9.17, 15) is 22.0 Å². The first-order chi connectivity index (χ1) is 8.27. The van der Waals surface area contributed by atoms with Crippen molar-refractivity contribution in [2.45, 2.75) is 12.3 Å². The fraction of sp³-hybridized carbons (Fsp3) is 0.273. The van der Waals surface area contributed by atoms with E-state index >= 15 is 0 Å². The van der Waals surface area contributed by atoms with Gasteiger partial charge in [0, 0.05) is 0 Å². The highest BCUT2D eigenvalue weighted by Crippen LogP contribution is 2.32. The number of halogens is 6. The summed E-state index contributed by atoms with van der Waals surface area (Å²) in [4.78, 5) is 0. The van der Waals surface area contributed by atoms with Gasteiger partial charge in [-0.3, -0.25) is 0 Å². The Labute approximate surface area is 108 Å². The first-order valence-electron chi connectivity index (χ1n) is 4.68. The molecule has 100 valence electrons. The molecule has 1 aromatic carbocycles. The molecule has 0 radical (unpaired) electrons.